The molecule has 1 aliphatic heterocycles. The van der Waals surface area contributed by atoms with Crippen molar-refractivity contribution in [1.29, 1.82) is 0 Å². The highest BCUT2D eigenvalue weighted by Crippen LogP contribution is 2.06. The molecule has 0 atom stereocenters. The van der Waals surface area contributed by atoms with Crippen LogP contribution in [-0.2, 0) is 23.0 Å². The van der Waals surface area contributed by atoms with Gasteiger partial charge >= 0.3 is 0 Å². The zero-order chi connectivity index (χ0) is 15.3. The largest absolute Gasteiger partial charge is 0.329 e. The molecular weight excluding hydrogens is 284 g/mol. The Kier molecular flexibility index (Phi) is 5.79. The lowest BCUT2D eigenvalue weighted by atomic mass is 10.1. The van der Waals surface area contributed by atoms with E-state index in [2.05, 4.69) is 31.2 Å². The molecule has 1 N–H and O–H groups in total. The van der Waals surface area contributed by atoms with E-state index in [0.29, 0.717) is 19.5 Å². The van der Waals surface area contributed by atoms with Crippen molar-refractivity contribution in [2.45, 2.75) is 33.2 Å². The molecule has 21 heavy (non-hydrogen) atoms. The first kappa shape index (κ1) is 16.5. The lowest BCUT2D eigenvalue weighted by Crippen LogP contribution is -3.13. The number of aryl methyl sites for hydroxylation is 1. The third-order valence-electron chi connectivity index (χ3n) is 4.17. The van der Waals surface area contributed by atoms with E-state index in [1.54, 1.807) is 4.31 Å². The number of nitrogens with zero attached hydrogens (tertiary/aromatic N) is 1. The quantitative estimate of drug-likeness (QED) is 0.840. The number of quaternary nitrogens is 1. The van der Waals surface area contributed by atoms with E-state index in [0.717, 1.165) is 26.1 Å². The molecule has 0 unspecified atom stereocenters. The van der Waals surface area contributed by atoms with Gasteiger partial charge in [0.2, 0.25) is 10.0 Å². The lowest BCUT2D eigenvalue weighted by Gasteiger charge is -2.31. The summed E-state index contributed by atoms with van der Waals surface area (Å²) in [5.41, 5.74) is 2.70. The molecule has 4 nitrogen and oxygen atoms in total. The van der Waals surface area contributed by atoms with Gasteiger partial charge in [-0.1, -0.05) is 38.1 Å². The standard InChI is InChI=1S/C16H26N2O2S/c1-3-13-21(19,20)18-11-9-17(10-12-18)14-16-7-5-15(4-2)6-8-16/h5-8H,3-4,9-14H2,1-2H3/p+1. The van der Waals surface area contributed by atoms with Gasteiger partial charge in [-0.05, 0) is 18.4 Å². The van der Waals surface area contributed by atoms with Gasteiger partial charge in [-0.25, -0.2) is 8.42 Å². The monoisotopic (exact) mass is 311 g/mol. The van der Waals surface area contributed by atoms with Crippen LogP contribution in [0.4, 0.5) is 0 Å². The van der Waals surface area contributed by atoms with E-state index in [1.165, 1.54) is 16.0 Å². The van der Waals surface area contributed by atoms with Crippen molar-refractivity contribution >= 4 is 10.0 Å². The molecule has 0 aromatic heterocycles. The fraction of sp³-hybridized carbons (Fsp3) is 0.625. The van der Waals surface area contributed by atoms with Gasteiger partial charge in [0, 0.05) is 5.56 Å². The van der Waals surface area contributed by atoms with Crippen LogP contribution in [0.3, 0.4) is 0 Å². The van der Waals surface area contributed by atoms with Gasteiger partial charge < -0.3 is 4.90 Å². The van der Waals surface area contributed by atoms with Crippen LogP contribution in [0.25, 0.3) is 0 Å². The normalized spacial score (nSPS) is 18.0. The maximum absolute atomic E-state index is 12.0. The molecule has 1 heterocycles. The molecule has 0 amide bonds. The summed E-state index contributed by atoms with van der Waals surface area (Å²) in [7, 11) is -3.02. The van der Waals surface area contributed by atoms with E-state index in [-0.39, 0.29) is 5.75 Å². The van der Waals surface area contributed by atoms with Crippen LogP contribution >= 0.6 is 0 Å². The zero-order valence-electron chi connectivity index (χ0n) is 13.1. The zero-order valence-corrected chi connectivity index (χ0v) is 14.0. The predicted molar refractivity (Wildman–Crippen MR) is 85.9 cm³/mol. The number of rotatable bonds is 6. The minimum absolute atomic E-state index is 0.279. The molecule has 1 saturated heterocycles. The minimum Gasteiger partial charge on any atom is -0.329 e. The van der Waals surface area contributed by atoms with Crippen molar-refractivity contribution in [3.63, 3.8) is 0 Å². The molecule has 0 radical (unpaired) electrons. The molecule has 1 fully saturated rings. The first-order valence-corrected chi connectivity index (χ1v) is 9.55. The SMILES string of the molecule is CCCS(=O)(=O)N1CC[NH+](Cc2ccc(CC)cc2)CC1. The second-order valence-corrected chi connectivity index (χ2v) is 7.90. The smallest absolute Gasteiger partial charge is 0.214 e. The molecule has 5 heteroatoms. The third kappa shape index (κ3) is 4.53. The number of benzene rings is 1. The maximum atomic E-state index is 12.0. The Bertz CT molecular complexity index is 532. The first-order valence-electron chi connectivity index (χ1n) is 7.94. The topological polar surface area (TPSA) is 41.8 Å². The average Bonchev–Trinajstić information content (AvgIpc) is 2.48. The molecule has 0 aliphatic carbocycles. The summed E-state index contributed by atoms with van der Waals surface area (Å²) < 4.78 is 25.7. The van der Waals surface area contributed by atoms with Crippen molar-refractivity contribution in [2.24, 2.45) is 0 Å². The second-order valence-electron chi connectivity index (χ2n) is 5.81. The Hall–Kier alpha value is -0.910. The lowest BCUT2D eigenvalue weighted by molar-refractivity contribution is -0.917. The Morgan fingerprint density at radius 1 is 1.05 bits per heavy atom. The Morgan fingerprint density at radius 3 is 2.14 bits per heavy atom. The molecular formula is C16H27N2O2S+. The molecule has 0 saturated carbocycles. The highest BCUT2D eigenvalue weighted by Gasteiger charge is 2.28. The van der Waals surface area contributed by atoms with Crippen LogP contribution in [0.5, 0.6) is 0 Å². The van der Waals surface area contributed by atoms with E-state index >= 15 is 0 Å². The van der Waals surface area contributed by atoms with E-state index < -0.39 is 10.0 Å². The van der Waals surface area contributed by atoms with Crippen LogP contribution in [-0.4, -0.2) is 44.7 Å². The van der Waals surface area contributed by atoms with Crippen LogP contribution in [0.1, 0.15) is 31.4 Å². The molecule has 2 rings (SSSR count). The maximum Gasteiger partial charge on any atom is 0.214 e. The highest BCUT2D eigenvalue weighted by atomic mass is 32.2. The summed E-state index contributed by atoms with van der Waals surface area (Å²) >= 11 is 0. The summed E-state index contributed by atoms with van der Waals surface area (Å²) in [5, 5.41) is 0. The second kappa shape index (κ2) is 7.38. The number of sulfonamides is 1. The first-order chi connectivity index (χ1) is 10.0. The van der Waals surface area contributed by atoms with Gasteiger partial charge in [-0.2, -0.15) is 4.31 Å². The van der Waals surface area contributed by atoms with Crippen LogP contribution in [0.15, 0.2) is 24.3 Å². The van der Waals surface area contributed by atoms with E-state index in [4.69, 9.17) is 0 Å². The predicted octanol–water partition coefficient (Wildman–Crippen LogP) is 0.689. The van der Waals surface area contributed by atoms with Crippen LogP contribution in [0.2, 0.25) is 0 Å². The molecule has 1 aromatic rings. The molecule has 0 bridgehead atoms. The van der Waals surface area contributed by atoms with Crippen molar-refractivity contribution in [1.82, 2.24) is 4.31 Å². The van der Waals surface area contributed by atoms with Gasteiger partial charge in [0.25, 0.3) is 0 Å². The number of hydrogen-bond acceptors (Lipinski definition) is 2. The van der Waals surface area contributed by atoms with Crippen LogP contribution < -0.4 is 4.90 Å². The van der Waals surface area contributed by atoms with Gasteiger partial charge in [0.1, 0.15) is 6.54 Å². The van der Waals surface area contributed by atoms with Crippen LogP contribution in [0, 0.1) is 0 Å². The molecule has 118 valence electrons. The Labute approximate surface area is 128 Å². The number of piperazine rings is 1. The summed E-state index contributed by atoms with van der Waals surface area (Å²) in [6, 6.07) is 8.78. The van der Waals surface area contributed by atoms with E-state index in [1.807, 2.05) is 6.92 Å². The summed E-state index contributed by atoms with van der Waals surface area (Å²) in [6.45, 7) is 8.19. The fourth-order valence-electron chi connectivity index (χ4n) is 2.83. The molecule has 0 spiro atoms. The van der Waals surface area contributed by atoms with Crippen molar-refractivity contribution in [2.75, 3.05) is 31.9 Å². The van der Waals surface area contributed by atoms with Gasteiger partial charge in [-0.15, -0.1) is 0 Å². The highest BCUT2D eigenvalue weighted by molar-refractivity contribution is 7.89. The summed E-state index contributed by atoms with van der Waals surface area (Å²) in [4.78, 5) is 1.47. The Morgan fingerprint density at radius 2 is 1.62 bits per heavy atom. The number of hydrogen-bond donors (Lipinski definition) is 1. The van der Waals surface area contributed by atoms with Gasteiger partial charge in [0.15, 0.2) is 0 Å². The molecule has 1 aromatic carbocycles. The Balaban J connectivity index is 1.86. The number of nitrogens with one attached hydrogen (secondary N) is 1. The van der Waals surface area contributed by atoms with Crippen molar-refractivity contribution in [3.8, 4) is 0 Å². The van der Waals surface area contributed by atoms with Gasteiger partial charge in [0.05, 0.1) is 31.9 Å². The summed E-state index contributed by atoms with van der Waals surface area (Å²) in [5.74, 6) is 0.279. The minimum atomic E-state index is -3.02. The third-order valence-corrected chi connectivity index (χ3v) is 6.25. The van der Waals surface area contributed by atoms with Crippen molar-refractivity contribution in [3.05, 3.63) is 35.4 Å². The van der Waals surface area contributed by atoms with Gasteiger partial charge in [-0.3, -0.25) is 0 Å². The van der Waals surface area contributed by atoms with E-state index in [9.17, 15) is 8.42 Å². The average molecular weight is 311 g/mol. The fourth-order valence-corrected chi connectivity index (χ4v) is 4.34. The van der Waals surface area contributed by atoms with Crippen molar-refractivity contribution < 1.29 is 13.3 Å². The molecule has 1 aliphatic rings. The summed E-state index contributed by atoms with van der Waals surface area (Å²) in [6.07, 6.45) is 1.76.